The van der Waals surface area contributed by atoms with Crippen molar-refractivity contribution in [1.82, 2.24) is 19.9 Å². The zero-order valence-corrected chi connectivity index (χ0v) is 16.1. The van der Waals surface area contributed by atoms with Gasteiger partial charge < -0.3 is 25.8 Å². The van der Waals surface area contributed by atoms with E-state index in [1.165, 1.54) is 30.1 Å². The molecule has 4 N–H and O–H groups in total. The van der Waals surface area contributed by atoms with Crippen LogP contribution in [0.2, 0.25) is 0 Å². The summed E-state index contributed by atoms with van der Waals surface area (Å²) < 4.78 is 29.3. The van der Waals surface area contributed by atoms with E-state index in [4.69, 9.17) is 8.85 Å². The van der Waals surface area contributed by atoms with Crippen molar-refractivity contribution >= 4 is 34.5 Å². The Balaban J connectivity index is 1.78. The van der Waals surface area contributed by atoms with Crippen LogP contribution in [0.1, 0.15) is 32.9 Å². The number of pyridine rings is 2. The van der Waals surface area contributed by atoms with Gasteiger partial charge >= 0.3 is 0 Å². The molecule has 0 radical (unpaired) electrons. The Labute approximate surface area is 176 Å². The highest BCUT2D eigenvalue weighted by molar-refractivity contribution is 6.08. The molecule has 3 aromatic rings. The topological polar surface area (TPSA) is 130 Å². The number of carbonyl (C=O) groups excluding carboxylic acids is 2. The molecule has 156 valence electrons. The maximum absolute atomic E-state index is 12.9. The van der Waals surface area contributed by atoms with Crippen LogP contribution in [-0.2, 0) is 11.4 Å². The quantitative estimate of drug-likeness (QED) is 0.464. The lowest BCUT2D eigenvalue weighted by atomic mass is 10.1. The Bertz CT molecular complexity index is 1220. The van der Waals surface area contributed by atoms with Gasteiger partial charge in [0.2, 0.25) is 5.91 Å². The number of carbonyl (C=O) groups is 2. The molecule has 1 aliphatic carbocycles. The predicted molar refractivity (Wildman–Crippen MR) is 110 cm³/mol. The van der Waals surface area contributed by atoms with Gasteiger partial charge in [0.15, 0.2) is 5.75 Å². The van der Waals surface area contributed by atoms with Gasteiger partial charge in [0.25, 0.3) is 5.91 Å². The first-order valence-electron chi connectivity index (χ1n) is 10.8. The highest BCUT2D eigenvalue weighted by atomic mass is 16.5. The zero-order chi connectivity index (χ0) is 23.8. The lowest BCUT2D eigenvalue weighted by Gasteiger charge is -2.17. The van der Waals surface area contributed by atoms with Crippen molar-refractivity contribution in [3.8, 4) is 5.75 Å². The fourth-order valence-electron chi connectivity index (χ4n) is 3.19. The first-order valence-corrected chi connectivity index (χ1v) is 9.25. The van der Waals surface area contributed by atoms with Crippen LogP contribution in [0.4, 0.5) is 17.2 Å². The highest BCUT2D eigenvalue weighted by Crippen LogP contribution is 2.36. The Morgan fingerprint density at radius 3 is 2.90 bits per heavy atom. The summed E-state index contributed by atoms with van der Waals surface area (Å²) in [6, 6.07) is 3.13. The fraction of sp³-hybridized carbons (Fsp3) is 0.300. The van der Waals surface area contributed by atoms with Crippen molar-refractivity contribution in [3.05, 3.63) is 41.9 Å². The highest BCUT2D eigenvalue weighted by Gasteiger charge is 2.31. The lowest BCUT2D eigenvalue weighted by molar-refractivity contribution is -0.117. The molecule has 0 bridgehead atoms. The number of aliphatic hydroxyl groups is 1. The van der Waals surface area contributed by atoms with Crippen LogP contribution in [0.5, 0.6) is 5.75 Å². The van der Waals surface area contributed by atoms with E-state index in [2.05, 4.69) is 20.7 Å². The first kappa shape index (κ1) is 16.2. The van der Waals surface area contributed by atoms with Crippen molar-refractivity contribution in [1.29, 1.82) is 0 Å². The number of aromatic nitrogens is 3. The minimum atomic E-state index is -2.74. The molecule has 0 aromatic carbocycles. The lowest BCUT2D eigenvalue weighted by Crippen LogP contribution is -2.24. The standard InChI is InChI=1S/C20H22N6O4/c1-21-20(29)15-13(5-7-22-18(15)25-19(28)11-3-4-11)24-14-6-8-26-16(17(14)30-2)12(10-27)9-23-26/h5-9,11,27H,3-4,10H2,1-2H3,(H,21,29)(H2,22,24,25,28)/i1D3. The third-order valence-corrected chi connectivity index (χ3v) is 4.84. The molecule has 0 saturated heterocycles. The fourth-order valence-corrected chi connectivity index (χ4v) is 3.19. The third kappa shape index (κ3) is 3.52. The molecular weight excluding hydrogens is 388 g/mol. The van der Waals surface area contributed by atoms with E-state index in [-0.39, 0.29) is 35.5 Å². The summed E-state index contributed by atoms with van der Waals surface area (Å²) in [5, 5.41) is 21.4. The van der Waals surface area contributed by atoms with Gasteiger partial charge in [-0.25, -0.2) is 9.50 Å². The number of ether oxygens (including phenoxy) is 1. The summed E-state index contributed by atoms with van der Waals surface area (Å²) in [5.41, 5.74) is 1.54. The van der Waals surface area contributed by atoms with E-state index in [0.29, 0.717) is 22.5 Å². The number of hydrogen-bond donors (Lipinski definition) is 4. The number of hydrogen-bond acceptors (Lipinski definition) is 7. The average Bonchev–Trinajstić information content (AvgIpc) is 3.52. The molecule has 1 fully saturated rings. The number of rotatable bonds is 7. The van der Waals surface area contributed by atoms with Crippen LogP contribution in [0.3, 0.4) is 0 Å². The second kappa shape index (κ2) is 7.99. The number of anilines is 3. The number of amides is 2. The molecule has 1 saturated carbocycles. The Morgan fingerprint density at radius 2 is 2.20 bits per heavy atom. The van der Waals surface area contributed by atoms with Gasteiger partial charge in [-0.1, -0.05) is 0 Å². The summed E-state index contributed by atoms with van der Waals surface area (Å²) in [4.78, 5) is 29.3. The van der Waals surface area contributed by atoms with Gasteiger partial charge in [-0.3, -0.25) is 9.59 Å². The minimum Gasteiger partial charge on any atom is -0.492 e. The third-order valence-electron chi connectivity index (χ3n) is 4.84. The molecule has 3 heterocycles. The summed E-state index contributed by atoms with van der Waals surface area (Å²) in [5.74, 6) is -1.07. The van der Waals surface area contributed by atoms with Gasteiger partial charge in [-0.05, 0) is 25.0 Å². The normalized spacial score (nSPS) is 15.1. The number of fused-ring (bicyclic) bond motifs is 1. The zero-order valence-electron chi connectivity index (χ0n) is 19.1. The van der Waals surface area contributed by atoms with Crippen LogP contribution in [0.25, 0.3) is 5.52 Å². The van der Waals surface area contributed by atoms with E-state index < -0.39 is 12.9 Å². The molecule has 10 heteroatoms. The monoisotopic (exact) mass is 413 g/mol. The van der Waals surface area contributed by atoms with Gasteiger partial charge in [0.05, 0.1) is 31.3 Å². The number of nitrogens with one attached hydrogen (secondary N) is 3. The SMILES string of the molecule is [2H]C([2H])([2H])NC(=O)c1c(Nc2ccn3ncc(CO)c3c2OC)ccnc1NC(=O)C1CC1. The largest absolute Gasteiger partial charge is 0.492 e. The van der Waals surface area contributed by atoms with E-state index >= 15 is 0 Å². The second-order valence-electron chi connectivity index (χ2n) is 6.81. The minimum absolute atomic E-state index is 0.0564. The van der Waals surface area contributed by atoms with Crippen LogP contribution >= 0.6 is 0 Å². The van der Waals surface area contributed by atoms with Crippen molar-refractivity contribution in [2.24, 2.45) is 5.92 Å². The molecule has 10 nitrogen and oxygen atoms in total. The van der Waals surface area contributed by atoms with Gasteiger partial charge in [-0.15, -0.1) is 0 Å². The summed E-state index contributed by atoms with van der Waals surface area (Å²) >= 11 is 0. The number of methoxy groups -OCH3 is 1. The Morgan fingerprint density at radius 1 is 1.37 bits per heavy atom. The summed E-state index contributed by atoms with van der Waals surface area (Å²) in [6.45, 7) is -3.01. The Kier molecular flexibility index (Phi) is 4.31. The smallest absolute Gasteiger partial charge is 0.256 e. The molecule has 0 aliphatic heterocycles. The molecule has 0 unspecified atom stereocenters. The van der Waals surface area contributed by atoms with Crippen molar-refractivity contribution in [2.45, 2.75) is 19.4 Å². The van der Waals surface area contributed by atoms with E-state index in [0.717, 1.165) is 12.8 Å². The maximum Gasteiger partial charge on any atom is 0.256 e. The Hall–Kier alpha value is -3.66. The molecule has 30 heavy (non-hydrogen) atoms. The van der Waals surface area contributed by atoms with Gasteiger partial charge in [0, 0.05) is 35.0 Å². The van der Waals surface area contributed by atoms with Crippen molar-refractivity contribution in [3.63, 3.8) is 0 Å². The predicted octanol–water partition coefficient (Wildman–Crippen LogP) is 1.68. The van der Waals surface area contributed by atoms with Gasteiger partial charge in [-0.2, -0.15) is 5.10 Å². The molecule has 4 rings (SSSR count). The van der Waals surface area contributed by atoms with Crippen LogP contribution in [0, 0.1) is 5.92 Å². The molecule has 3 aromatic heterocycles. The van der Waals surface area contributed by atoms with E-state index in [1.54, 1.807) is 12.3 Å². The maximum atomic E-state index is 12.9. The molecule has 0 spiro atoms. The van der Waals surface area contributed by atoms with Crippen LogP contribution in [-0.4, -0.2) is 45.6 Å². The van der Waals surface area contributed by atoms with E-state index in [1.807, 2.05) is 5.32 Å². The molecule has 0 atom stereocenters. The van der Waals surface area contributed by atoms with Crippen LogP contribution in [0.15, 0.2) is 30.7 Å². The second-order valence-corrected chi connectivity index (χ2v) is 6.81. The molecule has 1 aliphatic rings. The average molecular weight is 413 g/mol. The van der Waals surface area contributed by atoms with Crippen molar-refractivity contribution < 1.29 is 23.5 Å². The van der Waals surface area contributed by atoms with Crippen LogP contribution < -0.4 is 20.7 Å². The summed E-state index contributed by atoms with van der Waals surface area (Å²) in [7, 11) is 1.45. The van der Waals surface area contributed by atoms with Gasteiger partial charge in [0.1, 0.15) is 16.9 Å². The molecular formula is C20H22N6O4. The molecule has 2 amide bonds. The summed E-state index contributed by atoms with van der Waals surface area (Å²) in [6.07, 6.45) is 6.03. The first-order chi connectivity index (χ1) is 15.7. The number of nitrogens with zero attached hydrogens (tertiary/aromatic N) is 3. The van der Waals surface area contributed by atoms with E-state index in [9.17, 15) is 14.7 Å². The number of aliphatic hydroxyl groups excluding tert-OH is 1. The van der Waals surface area contributed by atoms with Crippen molar-refractivity contribution in [2.75, 3.05) is 24.7 Å².